The molecule has 0 saturated heterocycles. The van der Waals surface area contributed by atoms with Crippen molar-refractivity contribution in [2.45, 2.75) is 6.92 Å². The Hall–Kier alpha value is -1.31. The normalized spacial score (nSPS) is 11.3. The van der Waals surface area contributed by atoms with Crippen LogP contribution in [0.1, 0.15) is 12.5 Å². The highest BCUT2D eigenvalue weighted by Gasteiger charge is 1.93. The molecule has 1 radical (unpaired) electrons. The number of rotatable bonds is 2. The van der Waals surface area contributed by atoms with E-state index < -0.39 is 0 Å². The zero-order chi connectivity index (χ0) is 8.10. The van der Waals surface area contributed by atoms with Crippen LogP contribution in [-0.4, -0.2) is 12.8 Å². The molecule has 1 rings (SSSR count). The average Bonchev–Trinajstić information content (AvgIpc) is 2.07. The smallest absolute Gasteiger partial charge is 0.106 e. The molecule has 0 heterocycles. The Morgan fingerprint density at radius 1 is 1.64 bits per heavy atom. The Bertz CT molecular complexity index is 241. The monoisotopic (exact) mass is 148 g/mol. The largest absolute Gasteiger partial charge is 0.399 e. The molecule has 0 aliphatic carbocycles. The lowest BCUT2D eigenvalue weighted by molar-refractivity contribution is 0.213. The van der Waals surface area contributed by atoms with E-state index in [1.807, 2.05) is 31.2 Å². The number of nitrogens with zero attached hydrogens (tertiary/aromatic N) is 1. The lowest BCUT2D eigenvalue weighted by Gasteiger charge is -1.96. The maximum absolute atomic E-state index is 4.63. The van der Waals surface area contributed by atoms with Crippen molar-refractivity contribution >= 4 is 5.71 Å². The summed E-state index contributed by atoms with van der Waals surface area (Å²) in [5, 5.41) is 3.79. The first kappa shape index (κ1) is 7.79. The van der Waals surface area contributed by atoms with Gasteiger partial charge in [-0.15, -0.1) is 0 Å². The molecular weight excluding hydrogens is 138 g/mol. The Morgan fingerprint density at radius 2 is 2.45 bits per heavy atom. The van der Waals surface area contributed by atoms with Crippen LogP contribution >= 0.6 is 0 Å². The summed E-state index contributed by atoms with van der Waals surface area (Å²) in [5.74, 6) is 0. The van der Waals surface area contributed by atoms with Gasteiger partial charge in [-0.3, -0.25) is 0 Å². The molecule has 0 bridgehead atoms. The first-order valence-electron chi connectivity index (χ1n) is 3.39. The van der Waals surface area contributed by atoms with Gasteiger partial charge in [0.15, 0.2) is 0 Å². The van der Waals surface area contributed by atoms with Crippen LogP contribution < -0.4 is 0 Å². The van der Waals surface area contributed by atoms with Crippen molar-refractivity contribution in [2.24, 2.45) is 5.16 Å². The molecule has 0 spiro atoms. The van der Waals surface area contributed by atoms with Crippen LogP contribution in [0.25, 0.3) is 0 Å². The molecule has 0 atom stereocenters. The molecule has 1 aromatic carbocycles. The van der Waals surface area contributed by atoms with Crippen LogP contribution in [0.4, 0.5) is 0 Å². The van der Waals surface area contributed by atoms with Crippen LogP contribution in [0, 0.1) is 6.07 Å². The molecule has 11 heavy (non-hydrogen) atoms. The fourth-order valence-electron chi connectivity index (χ4n) is 0.808. The predicted octanol–water partition coefficient (Wildman–Crippen LogP) is 1.86. The van der Waals surface area contributed by atoms with E-state index in [0.717, 1.165) is 11.3 Å². The van der Waals surface area contributed by atoms with Gasteiger partial charge in [-0.05, 0) is 24.6 Å². The van der Waals surface area contributed by atoms with Gasteiger partial charge in [0.2, 0.25) is 0 Å². The maximum atomic E-state index is 4.63. The van der Waals surface area contributed by atoms with Gasteiger partial charge >= 0.3 is 0 Å². The van der Waals surface area contributed by atoms with Gasteiger partial charge < -0.3 is 4.84 Å². The van der Waals surface area contributed by atoms with Gasteiger partial charge in [0.1, 0.15) is 7.11 Å². The van der Waals surface area contributed by atoms with Crippen LogP contribution in [0.2, 0.25) is 0 Å². The highest BCUT2D eigenvalue weighted by atomic mass is 16.6. The van der Waals surface area contributed by atoms with E-state index in [1.54, 1.807) is 0 Å². The van der Waals surface area contributed by atoms with Gasteiger partial charge in [0.05, 0.1) is 5.71 Å². The van der Waals surface area contributed by atoms with Crippen LogP contribution in [-0.2, 0) is 4.84 Å². The van der Waals surface area contributed by atoms with Crippen molar-refractivity contribution < 1.29 is 4.84 Å². The fraction of sp³-hybridized carbons (Fsp3) is 0.222. The standard InChI is InChI=1S/C9H10NO/c1-8(10-11-2)9-6-4-3-5-7-9/h3-4,6-7H,1-2H3. The number of oxime groups is 1. The van der Waals surface area contributed by atoms with E-state index in [9.17, 15) is 0 Å². The molecule has 2 nitrogen and oxygen atoms in total. The van der Waals surface area contributed by atoms with Crippen LogP contribution in [0.5, 0.6) is 0 Å². The SMILES string of the molecule is CON=C(C)c1c[c]ccc1. The van der Waals surface area contributed by atoms with Crippen molar-refractivity contribution in [3.8, 4) is 0 Å². The lowest BCUT2D eigenvalue weighted by atomic mass is 10.1. The van der Waals surface area contributed by atoms with Crippen LogP contribution in [0.3, 0.4) is 0 Å². The first-order chi connectivity index (χ1) is 5.34. The van der Waals surface area contributed by atoms with Crippen molar-refractivity contribution in [1.82, 2.24) is 0 Å². The second-order valence-electron chi connectivity index (χ2n) is 2.15. The van der Waals surface area contributed by atoms with E-state index in [1.165, 1.54) is 7.11 Å². The molecule has 2 heteroatoms. The summed E-state index contributed by atoms with van der Waals surface area (Å²) >= 11 is 0. The molecular formula is C9H10NO. The topological polar surface area (TPSA) is 21.6 Å². The zero-order valence-corrected chi connectivity index (χ0v) is 6.66. The van der Waals surface area contributed by atoms with E-state index in [2.05, 4.69) is 16.1 Å². The van der Waals surface area contributed by atoms with E-state index in [0.29, 0.717) is 0 Å². The second-order valence-corrected chi connectivity index (χ2v) is 2.15. The van der Waals surface area contributed by atoms with Gasteiger partial charge in [-0.25, -0.2) is 0 Å². The molecule has 0 aromatic heterocycles. The minimum absolute atomic E-state index is 0.865. The van der Waals surface area contributed by atoms with Crippen molar-refractivity contribution in [1.29, 1.82) is 0 Å². The minimum atomic E-state index is 0.865. The summed E-state index contributed by atoms with van der Waals surface area (Å²) in [7, 11) is 1.54. The quantitative estimate of drug-likeness (QED) is 0.463. The van der Waals surface area contributed by atoms with Gasteiger partial charge in [0, 0.05) is 0 Å². The molecule has 0 aliphatic heterocycles. The van der Waals surface area contributed by atoms with Gasteiger partial charge in [-0.1, -0.05) is 23.4 Å². The summed E-state index contributed by atoms with van der Waals surface area (Å²) in [6.07, 6.45) is 0. The first-order valence-corrected chi connectivity index (χ1v) is 3.39. The Kier molecular flexibility index (Phi) is 2.66. The van der Waals surface area contributed by atoms with E-state index in [-0.39, 0.29) is 0 Å². The van der Waals surface area contributed by atoms with Gasteiger partial charge in [0.25, 0.3) is 0 Å². The zero-order valence-electron chi connectivity index (χ0n) is 6.66. The number of benzene rings is 1. The molecule has 0 saturated carbocycles. The molecule has 0 fully saturated rings. The lowest BCUT2D eigenvalue weighted by Crippen LogP contribution is -1.93. The number of hydrogen-bond donors (Lipinski definition) is 0. The number of hydrogen-bond acceptors (Lipinski definition) is 2. The van der Waals surface area contributed by atoms with Crippen LogP contribution in [0.15, 0.2) is 29.4 Å². The highest BCUT2D eigenvalue weighted by molar-refractivity contribution is 5.98. The summed E-state index contributed by atoms with van der Waals surface area (Å²) in [6.45, 7) is 1.90. The Labute approximate surface area is 66.5 Å². The summed E-state index contributed by atoms with van der Waals surface area (Å²) in [4.78, 5) is 4.63. The summed E-state index contributed by atoms with van der Waals surface area (Å²) in [6, 6.07) is 10.6. The maximum Gasteiger partial charge on any atom is 0.106 e. The molecule has 0 amide bonds. The van der Waals surface area contributed by atoms with Gasteiger partial charge in [-0.2, -0.15) is 0 Å². The summed E-state index contributed by atoms with van der Waals surface area (Å²) in [5.41, 5.74) is 1.90. The molecule has 0 aliphatic rings. The highest BCUT2D eigenvalue weighted by Crippen LogP contribution is 1.99. The Morgan fingerprint density at radius 3 is 3.00 bits per heavy atom. The third kappa shape index (κ3) is 2.08. The molecule has 1 aromatic rings. The Balaban J connectivity index is 2.85. The minimum Gasteiger partial charge on any atom is -0.399 e. The van der Waals surface area contributed by atoms with Crippen molar-refractivity contribution in [2.75, 3.05) is 7.11 Å². The fourth-order valence-corrected chi connectivity index (χ4v) is 0.808. The van der Waals surface area contributed by atoms with E-state index >= 15 is 0 Å². The van der Waals surface area contributed by atoms with Crippen molar-refractivity contribution in [3.63, 3.8) is 0 Å². The molecule has 0 N–H and O–H groups in total. The second kappa shape index (κ2) is 3.76. The van der Waals surface area contributed by atoms with Crippen molar-refractivity contribution in [3.05, 3.63) is 35.9 Å². The third-order valence-electron chi connectivity index (χ3n) is 1.35. The predicted molar refractivity (Wildman–Crippen MR) is 44.5 cm³/mol. The third-order valence-corrected chi connectivity index (χ3v) is 1.35. The van der Waals surface area contributed by atoms with E-state index in [4.69, 9.17) is 0 Å². The average molecular weight is 148 g/mol. The molecule has 57 valence electrons. The molecule has 0 unspecified atom stereocenters. The summed E-state index contributed by atoms with van der Waals surface area (Å²) < 4.78 is 0.